The Morgan fingerprint density at radius 1 is 0.938 bits per heavy atom. The summed E-state index contributed by atoms with van der Waals surface area (Å²) in [6.07, 6.45) is 9.57. The summed E-state index contributed by atoms with van der Waals surface area (Å²) in [5, 5.41) is 0. The Hall–Kier alpha value is -0.530. The van der Waals surface area contributed by atoms with Gasteiger partial charge in [0.05, 0.1) is 0 Å². The third-order valence-corrected chi connectivity index (χ3v) is 2.77. The van der Waals surface area contributed by atoms with Crippen LogP contribution in [0, 0.1) is 0 Å². The fraction of sp³-hybridized carbons (Fsp3) is 0.929. The molecule has 0 fully saturated rings. The lowest BCUT2D eigenvalue weighted by molar-refractivity contribution is -0.149. The molecule has 0 bridgehead atoms. The van der Waals surface area contributed by atoms with Crippen molar-refractivity contribution in [2.45, 2.75) is 84.7 Å². The van der Waals surface area contributed by atoms with E-state index in [9.17, 15) is 4.79 Å². The molecule has 0 radical (unpaired) electrons. The SMILES string of the molecule is CCCCCC(CCC)OC(=O)CCCC. The van der Waals surface area contributed by atoms with Crippen LogP contribution in [0.5, 0.6) is 0 Å². The summed E-state index contributed by atoms with van der Waals surface area (Å²) in [5.74, 6) is -0.00296. The second-order valence-corrected chi connectivity index (χ2v) is 4.50. The van der Waals surface area contributed by atoms with Gasteiger partial charge >= 0.3 is 5.97 Å². The van der Waals surface area contributed by atoms with Crippen LogP contribution >= 0.6 is 0 Å². The average Bonchev–Trinajstić information content (AvgIpc) is 2.27. The van der Waals surface area contributed by atoms with Gasteiger partial charge in [0.1, 0.15) is 6.10 Å². The maximum atomic E-state index is 11.5. The van der Waals surface area contributed by atoms with Gasteiger partial charge < -0.3 is 4.74 Å². The number of hydrogen-bond donors (Lipinski definition) is 0. The first kappa shape index (κ1) is 15.5. The van der Waals surface area contributed by atoms with E-state index >= 15 is 0 Å². The van der Waals surface area contributed by atoms with Crippen molar-refractivity contribution in [1.82, 2.24) is 0 Å². The zero-order valence-electron chi connectivity index (χ0n) is 11.3. The van der Waals surface area contributed by atoms with E-state index in [1.54, 1.807) is 0 Å². The lowest BCUT2D eigenvalue weighted by Gasteiger charge is -2.17. The minimum Gasteiger partial charge on any atom is -0.462 e. The monoisotopic (exact) mass is 228 g/mol. The standard InChI is InChI=1S/C14H28O2/c1-4-7-9-11-13(10-6-3)16-14(15)12-8-5-2/h13H,4-12H2,1-3H3. The highest BCUT2D eigenvalue weighted by atomic mass is 16.5. The molecule has 16 heavy (non-hydrogen) atoms. The van der Waals surface area contributed by atoms with Crippen LogP contribution in [0.25, 0.3) is 0 Å². The molecule has 0 spiro atoms. The van der Waals surface area contributed by atoms with Crippen LogP contribution < -0.4 is 0 Å². The lowest BCUT2D eigenvalue weighted by atomic mass is 10.1. The number of unbranched alkanes of at least 4 members (excludes halogenated alkanes) is 3. The Labute approximate surface area is 101 Å². The molecule has 0 aliphatic heterocycles. The van der Waals surface area contributed by atoms with Crippen LogP contribution in [0.2, 0.25) is 0 Å². The van der Waals surface area contributed by atoms with Crippen molar-refractivity contribution < 1.29 is 9.53 Å². The smallest absolute Gasteiger partial charge is 0.306 e. The summed E-state index contributed by atoms with van der Waals surface area (Å²) < 4.78 is 5.50. The predicted molar refractivity (Wildman–Crippen MR) is 68.5 cm³/mol. The molecule has 0 N–H and O–H groups in total. The molecule has 0 aromatic heterocycles. The largest absolute Gasteiger partial charge is 0.462 e. The first-order valence-electron chi connectivity index (χ1n) is 6.94. The number of ether oxygens (including phenoxy) is 1. The lowest BCUT2D eigenvalue weighted by Crippen LogP contribution is -2.18. The van der Waals surface area contributed by atoms with Gasteiger partial charge in [-0.1, -0.05) is 46.5 Å². The Morgan fingerprint density at radius 2 is 1.62 bits per heavy atom. The molecule has 0 aromatic carbocycles. The Kier molecular flexibility index (Phi) is 10.6. The quantitative estimate of drug-likeness (QED) is 0.407. The van der Waals surface area contributed by atoms with Gasteiger partial charge in [-0.15, -0.1) is 0 Å². The van der Waals surface area contributed by atoms with Crippen molar-refractivity contribution in [3.63, 3.8) is 0 Å². The minimum absolute atomic E-state index is 0.00296. The number of esters is 1. The first-order valence-corrected chi connectivity index (χ1v) is 6.94. The Balaban J connectivity index is 3.77. The van der Waals surface area contributed by atoms with Gasteiger partial charge in [0.2, 0.25) is 0 Å². The molecule has 96 valence electrons. The molecule has 2 heteroatoms. The molecule has 1 atom stereocenters. The minimum atomic E-state index is -0.00296. The van der Waals surface area contributed by atoms with Crippen LogP contribution in [-0.4, -0.2) is 12.1 Å². The van der Waals surface area contributed by atoms with Crippen molar-refractivity contribution in [1.29, 1.82) is 0 Å². The highest BCUT2D eigenvalue weighted by Gasteiger charge is 2.12. The zero-order chi connectivity index (χ0) is 12.2. The molecule has 0 aliphatic rings. The maximum Gasteiger partial charge on any atom is 0.306 e. The molecule has 0 amide bonds. The summed E-state index contributed by atoms with van der Waals surface area (Å²) in [5.41, 5.74) is 0. The van der Waals surface area contributed by atoms with Crippen molar-refractivity contribution in [3.05, 3.63) is 0 Å². The summed E-state index contributed by atoms with van der Waals surface area (Å²) in [4.78, 5) is 11.5. The van der Waals surface area contributed by atoms with Gasteiger partial charge in [-0.2, -0.15) is 0 Å². The van der Waals surface area contributed by atoms with Gasteiger partial charge in [0.15, 0.2) is 0 Å². The van der Waals surface area contributed by atoms with Gasteiger partial charge in [-0.25, -0.2) is 0 Å². The second-order valence-electron chi connectivity index (χ2n) is 4.50. The van der Waals surface area contributed by atoms with E-state index in [0.717, 1.165) is 32.1 Å². The topological polar surface area (TPSA) is 26.3 Å². The summed E-state index contributed by atoms with van der Waals surface area (Å²) in [6.45, 7) is 6.44. The third-order valence-electron chi connectivity index (χ3n) is 2.77. The fourth-order valence-electron chi connectivity index (χ4n) is 1.77. The van der Waals surface area contributed by atoms with Gasteiger partial charge in [-0.05, 0) is 25.7 Å². The van der Waals surface area contributed by atoms with Crippen molar-refractivity contribution >= 4 is 5.97 Å². The molecule has 0 saturated heterocycles. The molecule has 2 nitrogen and oxygen atoms in total. The van der Waals surface area contributed by atoms with Gasteiger partial charge in [0.25, 0.3) is 0 Å². The number of rotatable bonds is 10. The van der Waals surface area contributed by atoms with Gasteiger partial charge in [-0.3, -0.25) is 4.79 Å². The van der Waals surface area contributed by atoms with Crippen LogP contribution in [-0.2, 0) is 9.53 Å². The molecule has 1 unspecified atom stereocenters. The molecule has 0 aliphatic carbocycles. The summed E-state index contributed by atoms with van der Waals surface area (Å²) >= 11 is 0. The fourth-order valence-corrected chi connectivity index (χ4v) is 1.77. The molecule has 0 aromatic rings. The summed E-state index contributed by atoms with van der Waals surface area (Å²) in [6, 6.07) is 0. The molecule has 0 saturated carbocycles. The Morgan fingerprint density at radius 3 is 2.19 bits per heavy atom. The molecule has 0 heterocycles. The van der Waals surface area contributed by atoms with Crippen molar-refractivity contribution in [3.8, 4) is 0 Å². The molecular formula is C14H28O2. The van der Waals surface area contributed by atoms with E-state index in [-0.39, 0.29) is 12.1 Å². The van der Waals surface area contributed by atoms with Crippen LogP contribution in [0.3, 0.4) is 0 Å². The van der Waals surface area contributed by atoms with Crippen molar-refractivity contribution in [2.24, 2.45) is 0 Å². The number of carbonyl (C=O) groups excluding carboxylic acids is 1. The van der Waals surface area contributed by atoms with Crippen molar-refractivity contribution in [2.75, 3.05) is 0 Å². The predicted octanol–water partition coefficient (Wildman–Crippen LogP) is 4.47. The van der Waals surface area contributed by atoms with Crippen LogP contribution in [0.4, 0.5) is 0 Å². The van der Waals surface area contributed by atoms with Gasteiger partial charge in [0, 0.05) is 6.42 Å². The second kappa shape index (κ2) is 11.0. The normalized spacial score (nSPS) is 12.4. The van der Waals surface area contributed by atoms with E-state index in [1.165, 1.54) is 19.3 Å². The first-order chi connectivity index (χ1) is 7.74. The highest BCUT2D eigenvalue weighted by Crippen LogP contribution is 2.13. The molecular weight excluding hydrogens is 200 g/mol. The van der Waals surface area contributed by atoms with E-state index in [4.69, 9.17) is 4.74 Å². The Bertz CT molecular complexity index is 166. The third kappa shape index (κ3) is 8.75. The number of hydrogen-bond acceptors (Lipinski definition) is 2. The van der Waals surface area contributed by atoms with E-state index in [1.807, 2.05) is 0 Å². The number of carbonyl (C=O) groups is 1. The molecule has 0 rings (SSSR count). The maximum absolute atomic E-state index is 11.5. The zero-order valence-corrected chi connectivity index (χ0v) is 11.3. The van der Waals surface area contributed by atoms with Crippen LogP contribution in [0.1, 0.15) is 78.6 Å². The van der Waals surface area contributed by atoms with E-state index in [0.29, 0.717) is 6.42 Å². The highest BCUT2D eigenvalue weighted by molar-refractivity contribution is 5.69. The van der Waals surface area contributed by atoms with Crippen LogP contribution in [0.15, 0.2) is 0 Å². The average molecular weight is 228 g/mol. The van der Waals surface area contributed by atoms with E-state index in [2.05, 4.69) is 20.8 Å². The van der Waals surface area contributed by atoms with E-state index < -0.39 is 0 Å². The summed E-state index contributed by atoms with van der Waals surface area (Å²) in [7, 11) is 0.